The van der Waals surface area contributed by atoms with E-state index in [-0.39, 0.29) is 17.5 Å². The third-order valence-corrected chi connectivity index (χ3v) is 6.04. The minimum Gasteiger partial charge on any atom is -0.365 e. The summed E-state index contributed by atoms with van der Waals surface area (Å²) in [7, 11) is 0. The molecule has 7 nitrogen and oxygen atoms in total. The van der Waals surface area contributed by atoms with Crippen LogP contribution in [0.5, 0.6) is 0 Å². The standard InChI is InChI=1S/C26H29N5O2/c1-17(18-7-3-2-4-8-18)30-26-29-16-22(24(27)32)23(31-26)13-14-28-25(33)21-12-11-19-9-5-6-10-20(19)15-21/h2-4,7-8,11-12,15-17H,5-6,9-10,13-14H2,1H3,(H2,27,32)(H,28,33)(H,29,30,31). The molecule has 1 unspecified atom stereocenters. The normalized spacial score (nSPS) is 13.6. The van der Waals surface area contributed by atoms with Crippen LogP contribution in [0.1, 0.15) is 68.9 Å². The fourth-order valence-electron chi connectivity index (χ4n) is 4.17. The second kappa shape index (κ2) is 10.3. The van der Waals surface area contributed by atoms with Crippen LogP contribution in [0.15, 0.2) is 54.7 Å². The van der Waals surface area contributed by atoms with Gasteiger partial charge < -0.3 is 16.4 Å². The van der Waals surface area contributed by atoms with Crippen molar-refractivity contribution >= 4 is 17.8 Å². The lowest BCUT2D eigenvalue weighted by Crippen LogP contribution is -2.27. The number of hydrogen-bond donors (Lipinski definition) is 3. The first-order chi connectivity index (χ1) is 16.0. The largest absolute Gasteiger partial charge is 0.365 e. The molecule has 1 aliphatic rings. The number of anilines is 1. The molecule has 0 saturated heterocycles. The average Bonchev–Trinajstić information content (AvgIpc) is 2.84. The summed E-state index contributed by atoms with van der Waals surface area (Å²) in [6.45, 7) is 2.35. The molecule has 0 fully saturated rings. The molecule has 0 spiro atoms. The number of aryl methyl sites for hydroxylation is 2. The number of hydrogen-bond acceptors (Lipinski definition) is 5. The van der Waals surface area contributed by atoms with Gasteiger partial charge in [0.2, 0.25) is 5.95 Å². The molecule has 2 aromatic carbocycles. The number of aromatic nitrogens is 2. The molecule has 0 aliphatic heterocycles. The maximum absolute atomic E-state index is 12.7. The number of nitrogens with zero attached hydrogens (tertiary/aromatic N) is 2. The van der Waals surface area contributed by atoms with Crippen LogP contribution in [0, 0.1) is 0 Å². The monoisotopic (exact) mass is 443 g/mol. The highest BCUT2D eigenvalue weighted by Crippen LogP contribution is 2.22. The van der Waals surface area contributed by atoms with Gasteiger partial charge in [-0.05, 0) is 61.4 Å². The van der Waals surface area contributed by atoms with Crippen LogP contribution in [0.25, 0.3) is 0 Å². The van der Waals surface area contributed by atoms with E-state index in [1.807, 2.05) is 49.4 Å². The highest BCUT2D eigenvalue weighted by atomic mass is 16.2. The van der Waals surface area contributed by atoms with E-state index in [1.165, 1.54) is 30.2 Å². The van der Waals surface area contributed by atoms with Gasteiger partial charge in [-0.25, -0.2) is 9.97 Å². The Morgan fingerprint density at radius 3 is 2.58 bits per heavy atom. The molecule has 4 rings (SSSR count). The van der Waals surface area contributed by atoms with Crippen molar-refractivity contribution in [3.8, 4) is 0 Å². The Bertz CT molecular complexity index is 1150. The summed E-state index contributed by atoms with van der Waals surface area (Å²) in [4.78, 5) is 33.3. The van der Waals surface area contributed by atoms with E-state index >= 15 is 0 Å². The number of amides is 2. The molecule has 0 saturated carbocycles. The second-order valence-electron chi connectivity index (χ2n) is 8.39. The Balaban J connectivity index is 1.41. The molecule has 1 aliphatic carbocycles. The lowest BCUT2D eigenvalue weighted by Gasteiger charge is -2.17. The third kappa shape index (κ3) is 5.55. The summed E-state index contributed by atoms with van der Waals surface area (Å²) in [5, 5.41) is 6.19. The SMILES string of the molecule is CC(Nc1ncc(C(N)=O)c(CCNC(=O)c2ccc3c(c2)CCCC3)n1)c1ccccc1. The summed E-state index contributed by atoms with van der Waals surface area (Å²) in [6.07, 6.45) is 6.29. The molecule has 3 aromatic rings. The van der Waals surface area contributed by atoms with Crippen molar-refractivity contribution in [1.29, 1.82) is 0 Å². The van der Waals surface area contributed by atoms with Crippen LogP contribution in [0.4, 0.5) is 5.95 Å². The quantitative estimate of drug-likeness (QED) is 0.493. The van der Waals surface area contributed by atoms with Gasteiger partial charge in [0.1, 0.15) is 0 Å². The summed E-state index contributed by atoms with van der Waals surface area (Å²) in [5.74, 6) is -0.310. The molecular weight excluding hydrogens is 414 g/mol. The number of nitrogens with two attached hydrogens (primary N) is 1. The van der Waals surface area contributed by atoms with E-state index in [0.29, 0.717) is 30.2 Å². The van der Waals surface area contributed by atoms with Gasteiger partial charge in [-0.15, -0.1) is 0 Å². The molecule has 7 heteroatoms. The zero-order chi connectivity index (χ0) is 23.2. The first kappa shape index (κ1) is 22.5. The predicted octanol–water partition coefficient (Wildman–Crippen LogP) is 3.60. The molecule has 2 amide bonds. The molecule has 4 N–H and O–H groups in total. The number of nitrogens with one attached hydrogen (secondary N) is 2. The van der Waals surface area contributed by atoms with Crippen LogP contribution in [-0.4, -0.2) is 28.3 Å². The highest BCUT2D eigenvalue weighted by Gasteiger charge is 2.16. The lowest BCUT2D eigenvalue weighted by atomic mass is 9.90. The third-order valence-electron chi connectivity index (χ3n) is 6.04. The number of primary amides is 1. The first-order valence-corrected chi connectivity index (χ1v) is 11.4. The Hall–Kier alpha value is -3.74. The Morgan fingerprint density at radius 1 is 1.06 bits per heavy atom. The van der Waals surface area contributed by atoms with Crippen LogP contribution in [0.2, 0.25) is 0 Å². The molecular formula is C26H29N5O2. The van der Waals surface area contributed by atoms with Crippen molar-refractivity contribution in [3.63, 3.8) is 0 Å². The Morgan fingerprint density at radius 2 is 1.82 bits per heavy atom. The van der Waals surface area contributed by atoms with Gasteiger partial charge in [-0.3, -0.25) is 9.59 Å². The molecule has 0 radical (unpaired) electrons. The van der Waals surface area contributed by atoms with Crippen molar-refractivity contribution in [2.24, 2.45) is 5.73 Å². The van der Waals surface area contributed by atoms with Crippen LogP contribution >= 0.6 is 0 Å². The zero-order valence-electron chi connectivity index (χ0n) is 18.8. The summed E-state index contributed by atoms with van der Waals surface area (Å²) in [5.41, 5.74) is 10.6. The average molecular weight is 444 g/mol. The van der Waals surface area contributed by atoms with Gasteiger partial charge in [-0.2, -0.15) is 0 Å². The minimum absolute atomic E-state index is 0.0119. The van der Waals surface area contributed by atoms with E-state index < -0.39 is 5.91 Å². The maximum Gasteiger partial charge on any atom is 0.252 e. The maximum atomic E-state index is 12.7. The van der Waals surface area contributed by atoms with Crippen molar-refractivity contribution in [2.75, 3.05) is 11.9 Å². The smallest absolute Gasteiger partial charge is 0.252 e. The van der Waals surface area contributed by atoms with Crippen molar-refractivity contribution < 1.29 is 9.59 Å². The first-order valence-electron chi connectivity index (χ1n) is 11.4. The van der Waals surface area contributed by atoms with Crippen molar-refractivity contribution in [3.05, 3.63) is 88.2 Å². The van der Waals surface area contributed by atoms with E-state index in [9.17, 15) is 9.59 Å². The van der Waals surface area contributed by atoms with Gasteiger partial charge >= 0.3 is 0 Å². The number of carbonyl (C=O) groups excluding carboxylic acids is 2. The predicted molar refractivity (Wildman–Crippen MR) is 128 cm³/mol. The molecule has 170 valence electrons. The van der Waals surface area contributed by atoms with E-state index in [1.54, 1.807) is 0 Å². The number of rotatable bonds is 8. The number of fused-ring (bicyclic) bond motifs is 1. The highest BCUT2D eigenvalue weighted by molar-refractivity contribution is 5.95. The van der Waals surface area contributed by atoms with E-state index in [0.717, 1.165) is 18.4 Å². The molecule has 1 aromatic heterocycles. The van der Waals surface area contributed by atoms with Gasteiger partial charge in [0.25, 0.3) is 11.8 Å². The van der Waals surface area contributed by atoms with Gasteiger partial charge in [0.05, 0.1) is 17.3 Å². The van der Waals surface area contributed by atoms with Crippen molar-refractivity contribution in [1.82, 2.24) is 15.3 Å². The Labute approximate surface area is 193 Å². The van der Waals surface area contributed by atoms with Crippen LogP contribution in [0.3, 0.4) is 0 Å². The molecule has 1 heterocycles. The van der Waals surface area contributed by atoms with Crippen LogP contribution < -0.4 is 16.4 Å². The number of benzene rings is 2. The van der Waals surface area contributed by atoms with Crippen molar-refractivity contribution in [2.45, 2.75) is 45.1 Å². The molecule has 1 atom stereocenters. The molecule has 33 heavy (non-hydrogen) atoms. The zero-order valence-corrected chi connectivity index (χ0v) is 18.8. The van der Waals surface area contributed by atoms with E-state index in [2.05, 4.69) is 26.7 Å². The van der Waals surface area contributed by atoms with Gasteiger partial charge in [0.15, 0.2) is 0 Å². The lowest BCUT2D eigenvalue weighted by molar-refractivity contribution is 0.0953. The van der Waals surface area contributed by atoms with Crippen LogP contribution in [-0.2, 0) is 19.3 Å². The summed E-state index contributed by atoms with van der Waals surface area (Å²) in [6, 6.07) is 15.9. The topological polar surface area (TPSA) is 110 Å². The Kier molecular flexibility index (Phi) is 6.98. The van der Waals surface area contributed by atoms with Gasteiger partial charge in [-0.1, -0.05) is 36.4 Å². The second-order valence-corrected chi connectivity index (χ2v) is 8.39. The number of carbonyl (C=O) groups is 2. The van der Waals surface area contributed by atoms with E-state index in [4.69, 9.17) is 5.73 Å². The fraction of sp³-hybridized carbons (Fsp3) is 0.308. The fourth-order valence-corrected chi connectivity index (χ4v) is 4.17. The summed E-state index contributed by atoms with van der Waals surface area (Å²) < 4.78 is 0. The molecule has 0 bridgehead atoms. The van der Waals surface area contributed by atoms with Gasteiger partial charge in [0, 0.05) is 24.7 Å². The summed E-state index contributed by atoms with van der Waals surface area (Å²) >= 11 is 0. The minimum atomic E-state index is -0.589.